The van der Waals surface area contributed by atoms with Crippen molar-refractivity contribution in [2.75, 3.05) is 14.2 Å². The average Bonchev–Trinajstić information content (AvgIpc) is 2.55. The van der Waals surface area contributed by atoms with E-state index in [-0.39, 0.29) is 0 Å². The number of ether oxygens (including phenoxy) is 2. The largest absolute Gasteiger partial charge is 0.497 e. The second-order valence-electron chi connectivity index (χ2n) is 5.09. The molecule has 128 valence electrons. The first kappa shape index (κ1) is 19.0. The van der Waals surface area contributed by atoms with E-state index < -0.39 is 22.0 Å². The van der Waals surface area contributed by atoms with E-state index in [1.165, 1.54) is 0 Å². The van der Waals surface area contributed by atoms with E-state index in [9.17, 15) is 13.2 Å². The Hall–Kier alpha value is -2.09. The molecule has 0 unspecified atom stereocenters. The topological polar surface area (TPSA) is 102 Å². The van der Waals surface area contributed by atoms with E-state index in [1.807, 2.05) is 24.3 Å². The van der Waals surface area contributed by atoms with Gasteiger partial charge in [0.2, 0.25) is 0 Å². The number of hydrogen-bond donors (Lipinski definition) is 1. The normalized spacial score (nSPS) is 15.6. The highest BCUT2D eigenvalue weighted by Crippen LogP contribution is 2.31. The smallest absolute Gasteiger partial charge is 0.332 e. The minimum absolute atomic E-state index is 0.330. The second kappa shape index (κ2) is 9.14. The number of carboxylic acids is 1. The summed E-state index contributed by atoms with van der Waals surface area (Å²) in [6, 6.07) is 7.44. The van der Waals surface area contributed by atoms with Crippen molar-refractivity contribution >= 4 is 16.5 Å². The molecular formula is C15H21NO6S. The predicted octanol–water partition coefficient (Wildman–Crippen LogP) is 2.54. The molecule has 0 atom stereocenters. The van der Waals surface area contributed by atoms with Crippen LogP contribution in [0.2, 0.25) is 0 Å². The molecule has 0 radical (unpaired) electrons. The predicted molar refractivity (Wildman–Crippen MR) is 84.3 cm³/mol. The summed E-state index contributed by atoms with van der Waals surface area (Å²) in [5.74, 6) is 0.568. The van der Waals surface area contributed by atoms with Crippen molar-refractivity contribution in [2.24, 2.45) is 4.36 Å². The lowest BCUT2D eigenvalue weighted by Crippen LogP contribution is -2.38. The molecule has 1 aliphatic rings. The summed E-state index contributed by atoms with van der Waals surface area (Å²) in [5, 5.41) is 8.87. The fraction of sp³-hybridized carbons (Fsp3) is 0.533. The van der Waals surface area contributed by atoms with Crippen molar-refractivity contribution in [1.29, 1.82) is 0 Å². The van der Waals surface area contributed by atoms with Crippen LogP contribution in [0.4, 0.5) is 0 Å². The van der Waals surface area contributed by atoms with Gasteiger partial charge in [-0.2, -0.15) is 12.8 Å². The van der Waals surface area contributed by atoms with Crippen LogP contribution in [0.1, 0.15) is 32.1 Å². The fourth-order valence-corrected chi connectivity index (χ4v) is 2.88. The number of nitrogens with zero attached hydrogens (tertiary/aromatic N) is 1. The van der Waals surface area contributed by atoms with Gasteiger partial charge in [-0.25, -0.2) is 4.79 Å². The molecule has 8 heteroatoms. The summed E-state index contributed by atoms with van der Waals surface area (Å²) >= 11 is 0. The first-order valence-electron chi connectivity index (χ1n) is 7.17. The number of methoxy groups -OCH3 is 2. The molecule has 1 fully saturated rings. The van der Waals surface area contributed by atoms with Gasteiger partial charge in [0.15, 0.2) is 5.54 Å². The SMILES string of the molecule is COc1ccc(OC)cc1.O=C(O)C1(N=S(=O)=O)CCCCC1. The highest BCUT2D eigenvalue weighted by Gasteiger charge is 2.40. The van der Waals surface area contributed by atoms with Crippen LogP contribution in [0.25, 0.3) is 0 Å². The van der Waals surface area contributed by atoms with Crippen LogP contribution < -0.4 is 9.47 Å². The Balaban J connectivity index is 0.000000238. The minimum atomic E-state index is -2.63. The van der Waals surface area contributed by atoms with E-state index in [2.05, 4.69) is 4.36 Å². The van der Waals surface area contributed by atoms with Crippen LogP contribution in [-0.4, -0.2) is 39.3 Å². The molecule has 1 aromatic rings. The van der Waals surface area contributed by atoms with Crippen LogP contribution in [0.5, 0.6) is 11.5 Å². The lowest BCUT2D eigenvalue weighted by atomic mass is 9.83. The van der Waals surface area contributed by atoms with Crippen molar-refractivity contribution in [3.8, 4) is 11.5 Å². The molecule has 0 aliphatic heterocycles. The Bertz CT molecular complexity index is 601. The van der Waals surface area contributed by atoms with Crippen molar-refractivity contribution in [3.05, 3.63) is 24.3 Å². The van der Waals surface area contributed by atoms with Gasteiger partial charge >= 0.3 is 16.5 Å². The summed E-state index contributed by atoms with van der Waals surface area (Å²) in [4.78, 5) is 10.8. The molecule has 2 rings (SSSR count). The van der Waals surface area contributed by atoms with Gasteiger partial charge in [0, 0.05) is 0 Å². The Labute approximate surface area is 136 Å². The number of rotatable bonds is 4. The molecule has 0 bridgehead atoms. The molecule has 1 aliphatic carbocycles. The quantitative estimate of drug-likeness (QED) is 0.901. The fourth-order valence-electron chi connectivity index (χ4n) is 2.34. The summed E-state index contributed by atoms with van der Waals surface area (Å²) < 4.78 is 33.9. The first-order chi connectivity index (χ1) is 10.9. The number of benzene rings is 1. The van der Waals surface area contributed by atoms with Crippen molar-refractivity contribution < 1.29 is 27.8 Å². The van der Waals surface area contributed by atoms with E-state index in [4.69, 9.17) is 14.6 Å². The molecule has 1 N–H and O–H groups in total. The first-order valence-corrected chi connectivity index (χ1v) is 8.20. The monoisotopic (exact) mass is 343 g/mol. The molecule has 0 aromatic heterocycles. The van der Waals surface area contributed by atoms with E-state index in [0.717, 1.165) is 30.8 Å². The van der Waals surface area contributed by atoms with Crippen molar-refractivity contribution in [2.45, 2.75) is 37.6 Å². The molecule has 0 spiro atoms. The average molecular weight is 343 g/mol. The lowest BCUT2D eigenvalue weighted by molar-refractivity contribution is -0.144. The zero-order chi connectivity index (χ0) is 17.3. The highest BCUT2D eigenvalue weighted by atomic mass is 32.2. The van der Waals surface area contributed by atoms with Crippen LogP contribution >= 0.6 is 0 Å². The summed E-state index contributed by atoms with van der Waals surface area (Å²) in [6.07, 6.45) is 3.07. The third kappa shape index (κ3) is 5.90. The Morgan fingerprint density at radius 3 is 1.78 bits per heavy atom. The number of carboxylic acid groups (broad SMARTS) is 1. The van der Waals surface area contributed by atoms with Gasteiger partial charge in [-0.15, -0.1) is 0 Å². The van der Waals surface area contributed by atoms with E-state index in [1.54, 1.807) is 14.2 Å². The molecule has 23 heavy (non-hydrogen) atoms. The lowest BCUT2D eigenvalue weighted by Gasteiger charge is -2.26. The zero-order valence-electron chi connectivity index (χ0n) is 13.2. The molecule has 0 amide bonds. The Morgan fingerprint density at radius 1 is 1.04 bits per heavy atom. The van der Waals surface area contributed by atoms with Crippen molar-refractivity contribution in [3.63, 3.8) is 0 Å². The van der Waals surface area contributed by atoms with Gasteiger partial charge < -0.3 is 14.6 Å². The maximum Gasteiger partial charge on any atom is 0.332 e. The van der Waals surface area contributed by atoms with Gasteiger partial charge in [-0.05, 0) is 37.1 Å². The van der Waals surface area contributed by atoms with Gasteiger partial charge in [-0.3, -0.25) is 0 Å². The maximum absolute atomic E-state index is 10.8. The van der Waals surface area contributed by atoms with Crippen LogP contribution in [0.15, 0.2) is 28.6 Å². The molecule has 1 aromatic carbocycles. The Kier molecular flexibility index (Phi) is 7.53. The molecule has 7 nitrogen and oxygen atoms in total. The number of aliphatic carboxylic acids is 1. The van der Waals surface area contributed by atoms with E-state index >= 15 is 0 Å². The minimum Gasteiger partial charge on any atom is -0.497 e. The molecule has 0 saturated heterocycles. The Morgan fingerprint density at radius 2 is 1.48 bits per heavy atom. The van der Waals surface area contributed by atoms with Gasteiger partial charge in [-0.1, -0.05) is 19.3 Å². The van der Waals surface area contributed by atoms with Crippen LogP contribution in [-0.2, 0) is 15.3 Å². The highest BCUT2D eigenvalue weighted by molar-refractivity contribution is 7.61. The van der Waals surface area contributed by atoms with Crippen LogP contribution in [0, 0.1) is 0 Å². The van der Waals surface area contributed by atoms with Crippen LogP contribution in [0.3, 0.4) is 0 Å². The zero-order valence-corrected chi connectivity index (χ0v) is 14.0. The standard InChI is InChI=1S/C8H10O2.C7H11NO4S/c1-9-7-3-5-8(10-2)6-4-7;9-6(10)7(8-13(11)12)4-2-1-3-5-7/h3-6H,1-2H3;1-5H2,(H,9,10). The third-order valence-electron chi connectivity index (χ3n) is 3.62. The van der Waals surface area contributed by atoms with Gasteiger partial charge in [0.1, 0.15) is 11.5 Å². The summed E-state index contributed by atoms with van der Waals surface area (Å²) in [7, 11) is 0.653. The van der Waals surface area contributed by atoms with Gasteiger partial charge in [0.05, 0.1) is 14.2 Å². The van der Waals surface area contributed by atoms with Crippen molar-refractivity contribution in [1.82, 2.24) is 0 Å². The summed E-state index contributed by atoms with van der Waals surface area (Å²) in [6.45, 7) is 0. The molecule has 1 saturated carbocycles. The summed E-state index contributed by atoms with van der Waals surface area (Å²) in [5.41, 5.74) is -1.37. The molecule has 0 heterocycles. The molecular weight excluding hydrogens is 322 g/mol. The third-order valence-corrected chi connectivity index (χ3v) is 4.12. The van der Waals surface area contributed by atoms with E-state index in [0.29, 0.717) is 12.8 Å². The second-order valence-corrected chi connectivity index (χ2v) is 5.70. The van der Waals surface area contributed by atoms with Gasteiger partial charge in [0.25, 0.3) is 0 Å². The maximum atomic E-state index is 10.8. The number of carbonyl (C=O) groups is 1. The number of hydrogen-bond acceptors (Lipinski definition) is 6.